The van der Waals surface area contributed by atoms with Gasteiger partial charge in [0.25, 0.3) is 0 Å². The lowest BCUT2D eigenvalue weighted by Gasteiger charge is -2.18. The number of ether oxygens (including phenoxy) is 1. The van der Waals surface area contributed by atoms with Crippen LogP contribution in [0.1, 0.15) is 24.6 Å². The first-order valence-electron chi connectivity index (χ1n) is 3.93. The number of hydrogen-bond acceptors (Lipinski definition) is 4. The van der Waals surface area contributed by atoms with E-state index >= 15 is 0 Å². The largest absolute Gasteiger partial charge is 0.381 e. The van der Waals surface area contributed by atoms with Crippen molar-refractivity contribution in [2.24, 2.45) is 0 Å². The van der Waals surface area contributed by atoms with Gasteiger partial charge in [-0.15, -0.1) is 0 Å². The fourth-order valence-electron chi connectivity index (χ4n) is 1.33. The molecule has 0 N–H and O–H groups in total. The summed E-state index contributed by atoms with van der Waals surface area (Å²) in [6.07, 6.45) is 2.22. The summed E-state index contributed by atoms with van der Waals surface area (Å²) in [5.74, 6) is 1.22. The van der Waals surface area contributed by atoms with E-state index < -0.39 is 0 Å². The Morgan fingerprint density at radius 1 is 1.58 bits per heavy atom. The predicted octanol–water partition coefficient (Wildman–Crippen LogP) is 2.09. The average Bonchev–Trinajstić information content (AvgIpc) is 2.54. The quantitative estimate of drug-likeness (QED) is 0.703. The highest BCUT2D eigenvalue weighted by Gasteiger charge is 2.19. The minimum Gasteiger partial charge on any atom is -0.381 e. The molecule has 0 spiro atoms. The van der Waals surface area contributed by atoms with E-state index in [-0.39, 0.29) is 0 Å². The van der Waals surface area contributed by atoms with Gasteiger partial charge in [-0.25, -0.2) is 4.98 Å². The van der Waals surface area contributed by atoms with Crippen LogP contribution in [0.2, 0.25) is 4.47 Å². The maximum absolute atomic E-state index is 5.68. The zero-order valence-corrected chi connectivity index (χ0v) is 8.07. The minimum absolute atomic E-state index is 0.363. The molecule has 0 aliphatic carbocycles. The molecule has 1 saturated heterocycles. The van der Waals surface area contributed by atoms with Crippen molar-refractivity contribution < 1.29 is 4.74 Å². The summed E-state index contributed by atoms with van der Waals surface area (Å²) in [4.78, 5) is 4.13. The first-order valence-corrected chi connectivity index (χ1v) is 5.08. The number of nitrogens with zero attached hydrogens (tertiary/aromatic N) is 2. The van der Waals surface area contributed by atoms with Gasteiger partial charge in [0, 0.05) is 12.5 Å². The Bertz CT molecular complexity index is 260. The van der Waals surface area contributed by atoms with E-state index in [0.717, 1.165) is 31.9 Å². The normalized spacial score (nSPS) is 24.2. The maximum atomic E-state index is 5.68. The van der Waals surface area contributed by atoms with Gasteiger partial charge in [-0.1, -0.05) is 0 Å². The number of halogens is 1. The lowest BCUT2D eigenvalue weighted by atomic mass is 10.0. The van der Waals surface area contributed by atoms with Gasteiger partial charge in [0.05, 0.1) is 6.61 Å². The van der Waals surface area contributed by atoms with Gasteiger partial charge in [0.2, 0.25) is 4.47 Å². The molecule has 5 heteroatoms. The molecule has 0 bridgehead atoms. The van der Waals surface area contributed by atoms with Gasteiger partial charge in [-0.05, 0) is 36.0 Å². The third-order valence-electron chi connectivity index (χ3n) is 1.94. The van der Waals surface area contributed by atoms with E-state index in [4.69, 9.17) is 16.3 Å². The predicted molar refractivity (Wildman–Crippen MR) is 47.7 cm³/mol. The highest BCUT2D eigenvalue weighted by molar-refractivity contribution is 7.10. The van der Waals surface area contributed by atoms with Gasteiger partial charge in [-0.3, -0.25) is 0 Å². The van der Waals surface area contributed by atoms with Crippen LogP contribution in [0.3, 0.4) is 0 Å². The van der Waals surface area contributed by atoms with Gasteiger partial charge in [0.15, 0.2) is 0 Å². The molecular formula is C7H9ClN2OS. The van der Waals surface area contributed by atoms with Crippen LogP contribution in [0.4, 0.5) is 0 Å². The fraction of sp³-hybridized carbons (Fsp3) is 0.714. The number of aromatic nitrogens is 2. The van der Waals surface area contributed by atoms with Crippen LogP contribution in [-0.2, 0) is 4.74 Å². The molecule has 1 unspecified atom stereocenters. The molecule has 12 heavy (non-hydrogen) atoms. The van der Waals surface area contributed by atoms with Crippen molar-refractivity contribution in [3.63, 3.8) is 0 Å². The summed E-state index contributed by atoms with van der Waals surface area (Å²) in [5.41, 5.74) is 0. The third kappa shape index (κ3) is 1.76. The molecule has 2 heterocycles. The van der Waals surface area contributed by atoms with E-state index in [1.165, 1.54) is 11.5 Å². The Labute approximate surface area is 79.9 Å². The second kappa shape index (κ2) is 3.68. The summed E-state index contributed by atoms with van der Waals surface area (Å²) >= 11 is 6.93. The van der Waals surface area contributed by atoms with Crippen molar-refractivity contribution in [1.29, 1.82) is 0 Å². The number of rotatable bonds is 1. The third-order valence-corrected chi connectivity index (χ3v) is 2.75. The van der Waals surface area contributed by atoms with Crippen molar-refractivity contribution >= 4 is 23.1 Å². The van der Waals surface area contributed by atoms with Crippen LogP contribution < -0.4 is 0 Å². The van der Waals surface area contributed by atoms with Crippen molar-refractivity contribution in [2.45, 2.75) is 18.8 Å². The first-order chi connectivity index (χ1) is 5.86. The Morgan fingerprint density at radius 3 is 3.08 bits per heavy atom. The van der Waals surface area contributed by atoms with Crippen LogP contribution >= 0.6 is 23.1 Å². The van der Waals surface area contributed by atoms with Crippen LogP contribution in [0.5, 0.6) is 0 Å². The van der Waals surface area contributed by atoms with Crippen molar-refractivity contribution in [3.05, 3.63) is 10.3 Å². The highest BCUT2D eigenvalue weighted by Crippen LogP contribution is 2.25. The van der Waals surface area contributed by atoms with Crippen LogP contribution in [0.25, 0.3) is 0 Å². The molecule has 3 nitrogen and oxygen atoms in total. The Balaban J connectivity index is 2.08. The standard InChI is InChI=1S/C7H9ClN2OS/c8-7-9-6(10-12-7)5-2-1-3-11-4-5/h5H,1-4H2. The summed E-state index contributed by atoms with van der Waals surface area (Å²) in [6, 6.07) is 0. The van der Waals surface area contributed by atoms with Crippen molar-refractivity contribution in [3.8, 4) is 0 Å². The summed E-state index contributed by atoms with van der Waals surface area (Å²) in [6.45, 7) is 1.61. The SMILES string of the molecule is Clc1nc(C2CCCOC2)ns1. The summed E-state index contributed by atoms with van der Waals surface area (Å²) < 4.78 is 10.0. The topological polar surface area (TPSA) is 35.0 Å². The molecular weight excluding hydrogens is 196 g/mol. The summed E-state index contributed by atoms with van der Waals surface area (Å²) in [5, 5.41) is 0. The van der Waals surface area contributed by atoms with E-state index in [0.29, 0.717) is 10.4 Å². The van der Waals surface area contributed by atoms with Crippen LogP contribution in [-0.4, -0.2) is 22.6 Å². The number of hydrogen-bond donors (Lipinski definition) is 0. The molecule has 1 aromatic rings. The average molecular weight is 205 g/mol. The minimum atomic E-state index is 0.363. The maximum Gasteiger partial charge on any atom is 0.203 e. The van der Waals surface area contributed by atoms with E-state index in [1.54, 1.807) is 0 Å². The van der Waals surface area contributed by atoms with E-state index in [2.05, 4.69) is 9.36 Å². The van der Waals surface area contributed by atoms with Gasteiger partial charge >= 0.3 is 0 Å². The van der Waals surface area contributed by atoms with Gasteiger partial charge < -0.3 is 4.74 Å². The Morgan fingerprint density at radius 2 is 2.50 bits per heavy atom. The lowest BCUT2D eigenvalue weighted by Crippen LogP contribution is -2.16. The molecule has 1 aliphatic heterocycles. The molecule has 66 valence electrons. The molecule has 0 aromatic carbocycles. The second-order valence-corrected chi connectivity index (χ2v) is 4.15. The van der Waals surface area contributed by atoms with E-state index in [1.807, 2.05) is 0 Å². The molecule has 1 atom stereocenters. The van der Waals surface area contributed by atoms with E-state index in [9.17, 15) is 0 Å². The zero-order valence-electron chi connectivity index (χ0n) is 6.49. The smallest absolute Gasteiger partial charge is 0.203 e. The molecule has 1 fully saturated rings. The monoisotopic (exact) mass is 204 g/mol. The molecule has 0 amide bonds. The van der Waals surface area contributed by atoms with Gasteiger partial charge in [-0.2, -0.15) is 4.37 Å². The van der Waals surface area contributed by atoms with Crippen molar-refractivity contribution in [1.82, 2.24) is 9.36 Å². The van der Waals surface area contributed by atoms with Crippen LogP contribution in [0, 0.1) is 0 Å². The lowest BCUT2D eigenvalue weighted by molar-refractivity contribution is 0.0784. The van der Waals surface area contributed by atoms with Crippen LogP contribution in [0.15, 0.2) is 0 Å². The molecule has 1 aliphatic rings. The summed E-state index contributed by atoms with van der Waals surface area (Å²) in [7, 11) is 0. The zero-order chi connectivity index (χ0) is 8.39. The fourth-order valence-corrected chi connectivity index (χ4v) is 2.01. The highest BCUT2D eigenvalue weighted by atomic mass is 35.5. The molecule has 1 aromatic heterocycles. The second-order valence-electron chi connectivity index (χ2n) is 2.82. The van der Waals surface area contributed by atoms with Gasteiger partial charge in [0.1, 0.15) is 5.82 Å². The van der Waals surface area contributed by atoms with Crippen molar-refractivity contribution in [2.75, 3.05) is 13.2 Å². The Hall–Kier alpha value is -0.190. The first kappa shape index (κ1) is 8.41. The molecule has 2 rings (SSSR count). The molecule has 0 radical (unpaired) electrons. The molecule has 0 saturated carbocycles. The Kier molecular flexibility index (Phi) is 2.58.